The van der Waals surface area contributed by atoms with Crippen molar-refractivity contribution in [3.63, 3.8) is 0 Å². The summed E-state index contributed by atoms with van der Waals surface area (Å²) in [6.07, 6.45) is 0. The van der Waals surface area contributed by atoms with Crippen molar-refractivity contribution in [3.8, 4) is 0 Å². The van der Waals surface area contributed by atoms with Gasteiger partial charge in [0.2, 0.25) is 0 Å². The Labute approximate surface area is 159 Å². The van der Waals surface area contributed by atoms with E-state index >= 15 is 0 Å². The van der Waals surface area contributed by atoms with Crippen LogP contribution in [0.25, 0.3) is 0 Å². The van der Waals surface area contributed by atoms with E-state index in [1.807, 2.05) is 50.2 Å². The molecular formula is C21H20ClNO2S. The lowest BCUT2D eigenvalue weighted by Gasteiger charge is -2.25. The van der Waals surface area contributed by atoms with Gasteiger partial charge in [-0.15, -0.1) is 0 Å². The molecule has 0 amide bonds. The Kier molecular flexibility index (Phi) is 5.35. The van der Waals surface area contributed by atoms with Gasteiger partial charge in [0, 0.05) is 5.02 Å². The van der Waals surface area contributed by atoms with Crippen LogP contribution in [0, 0.1) is 13.8 Å². The van der Waals surface area contributed by atoms with E-state index in [1.165, 1.54) is 4.31 Å². The lowest BCUT2D eigenvalue weighted by Crippen LogP contribution is -2.30. The molecule has 0 bridgehead atoms. The van der Waals surface area contributed by atoms with Crippen molar-refractivity contribution in [2.24, 2.45) is 0 Å². The molecule has 26 heavy (non-hydrogen) atoms. The number of aryl methyl sites for hydroxylation is 2. The summed E-state index contributed by atoms with van der Waals surface area (Å²) in [6.45, 7) is 4.04. The normalized spacial score (nSPS) is 11.3. The number of rotatable bonds is 5. The summed E-state index contributed by atoms with van der Waals surface area (Å²) in [7, 11) is -3.73. The second kappa shape index (κ2) is 7.52. The molecule has 0 radical (unpaired) electrons. The summed E-state index contributed by atoms with van der Waals surface area (Å²) in [5.74, 6) is 0. The van der Waals surface area contributed by atoms with Gasteiger partial charge in [0.1, 0.15) is 0 Å². The number of hydrogen-bond acceptors (Lipinski definition) is 2. The number of anilines is 1. The van der Waals surface area contributed by atoms with Gasteiger partial charge in [-0.1, -0.05) is 59.6 Å². The van der Waals surface area contributed by atoms with Crippen LogP contribution in [0.3, 0.4) is 0 Å². The van der Waals surface area contributed by atoms with Gasteiger partial charge < -0.3 is 0 Å². The standard InChI is InChI=1S/C21H20ClNO2S/c1-16-10-12-20(13-11-16)26(24,25)23(19-8-5-6-17(2)14-19)15-18-7-3-4-9-21(18)22/h3-14H,15H2,1-2H3. The molecule has 3 nitrogen and oxygen atoms in total. The summed E-state index contributed by atoms with van der Waals surface area (Å²) in [4.78, 5) is 0.261. The van der Waals surface area contributed by atoms with Gasteiger partial charge in [-0.05, 0) is 55.3 Å². The molecule has 0 atom stereocenters. The molecule has 0 aromatic heterocycles. The number of halogens is 1. The maximum Gasteiger partial charge on any atom is 0.264 e. The van der Waals surface area contributed by atoms with Crippen LogP contribution in [0.15, 0.2) is 77.7 Å². The smallest absolute Gasteiger partial charge is 0.262 e. The lowest BCUT2D eigenvalue weighted by molar-refractivity contribution is 0.590. The Morgan fingerprint density at radius 1 is 0.846 bits per heavy atom. The van der Waals surface area contributed by atoms with Gasteiger partial charge in [-0.3, -0.25) is 4.31 Å². The summed E-state index contributed by atoms with van der Waals surface area (Å²) < 4.78 is 28.1. The van der Waals surface area contributed by atoms with Gasteiger partial charge in [-0.2, -0.15) is 0 Å². The third kappa shape index (κ3) is 3.92. The minimum atomic E-state index is -3.73. The van der Waals surface area contributed by atoms with E-state index in [4.69, 9.17) is 11.6 Å². The van der Waals surface area contributed by atoms with Crippen LogP contribution >= 0.6 is 11.6 Å². The topological polar surface area (TPSA) is 37.4 Å². The van der Waals surface area contributed by atoms with Crippen molar-refractivity contribution >= 4 is 27.3 Å². The predicted molar refractivity (Wildman–Crippen MR) is 107 cm³/mol. The van der Waals surface area contributed by atoms with Crippen molar-refractivity contribution in [2.45, 2.75) is 25.3 Å². The summed E-state index contributed by atoms with van der Waals surface area (Å²) in [6, 6.07) is 21.6. The van der Waals surface area contributed by atoms with Crippen LogP contribution in [-0.2, 0) is 16.6 Å². The molecule has 0 aliphatic heterocycles. The van der Waals surface area contributed by atoms with Crippen molar-refractivity contribution in [1.82, 2.24) is 0 Å². The highest BCUT2D eigenvalue weighted by molar-refractivity contribution is 7.92. The fourth-order valence-corrected chi connectivity index (χ4v) is 4.35. The van der Waals surface area contributed by atoms with Crippen LogP contribution in [0.2, 0.25) is 5.02 Å². The van der Waals surface area contributed by atoms with Crippen molar-refractivity contribution in [3.05, 3.63) is 94.5 Å². The average Bonchev–Trinajstić information content (AvgIpc) is 2.61. The lowest BCUT2D eigenvalue weighted by atomic mass is 10.2. The van der Waals surface area contributed by atoms with Crippen LogP contribution < -0.4 is 4.31 Å². The third-order valence-corrected chi connectivity index (χ3v) is 6.33. The summed E-state index contributed by atoms with van der Waals surface area (Å²) in [5, 5.41) is 0.546. The van der Waals surface area contributed by atoms with Crippen molar-refractivity contribution in [2.75, 3.05) is 4.31 Å². The van der Waals surface area contributed by atoms with Gasteiger partial charge in [0.15, 0.2) is 0 Å². The molecule has 3 aromatic rings. The van der Waals surface area contributed by atoms with E-state index in [-0.39, 0.29) is 11.4 Å². The molecule has 0 heterocycles. The van der Waals surface area contributed by atoms with E-state index < -0.39 is 10.0 Å². The molecule has 0 unspecified atom stereocenters. The fraction of sp³-hybridized carbons (Fsp3) is 0.143. The van der Waals surface area contributed by atoms with Crippen LogP contribution in [-0.4, -0.2) is 8.42 Å². The molecule has 3 aromatic carbocycles. The van der Waals surface area contributed by atoms with Crippen molar-refractivity contribution in [1.29, 1.82) is 0 Å². The maximum absolute atomic E-state index is 13.4. The largest absolute Gasteiger partial charge is 0.264 e. The molecule has 0 fully saturated rings. The number of hydrogen-bond donors (Lipinski definition) is 0. The van der Waals surface area contributed by atoms with Crippen molar-refractivity contribution < 1.29 is 8.42 Å². The van der Waals surface area contributed by atoms with Gasteiger partial charge in [-0.25, -0.2) is 8.42 Å². The zero-order chi connectivity index (χ0) is 18.7. The SMILES string of the molecule is Cc1ccc(S(=O)(=O)N(Cc2ccccc2Cl)c2cccc(C)c2)cc1. The van der Waals surface area contributed by atoms with Gasteiger partial charge in [0.25, 0.3) is 10.0 Å². The Balaban J connectivity index is 2.11. The molecule has 3 rings (SSSR count). The Morgan fingerprint density at radius 3 is 2.19 bits per heavy atom. The minimum Gasteiger partial charge on any atom is -0.262 e. The fourth-order valence-electron chi connectivity index (χ4n) is 2.72. The zero-order valence-electron chi connectivity index (χ0n) is 14.7. The second-order valence-corrected chi connectivity index (χ2v) is 8.52. The number of benzene rings is 3. The Morgan fingerprint density at radius 2 is 1.54 bits per heavy atom. The summed E-state index contributed by atoms with van der Waals surface area (Å²) >= 11 is 6.28. The third-order valence-electron chi connectivity index (χ3n) is 4.17. The Bertz CT molecular complexity index is 1010. The second-order valence-electron chi connectivity index (χ2n) is 6.26. The van der Waals surface area contributed by atoms with E-state index in [2.05, 4.69) is 0 Å². The number of nitrogens with zero attached hydrogens (tertiary/aromatic N) is 1. The highest BCUT2D eigenvalue weighted by atomic mass is 35.5. The molecule has 0 saturated carbocycles. The quantitative estimate of drug-likeness (QED) is 0.593. The maximum atomic E-state index is 13.4. The molecule has 0 aliphatic carbocycles. The van der Waals surface area contributed by atoms with Gasteiger partial charge >= 0.3 is 0 Å². The summed E-state index contributed by atoms with van der Waals surface area (Å²) in [5.41, 5.74) is 3.37. The van der Waals surface area contributed by atoms with Crippen LogP contribution in [0.4, 0.5) is 5.69 Å². The Hall–Kier alpha value is -2.30. The van der Waals surface area contributed by atoms with E-state index in [0.717, 1.165) is 16.7 Å². The molecule has 0 N–H and O–H groups in total. The zero-order valence-corrected chi connectivity index (χ0v) is 16.3. The monoisotopic (exact) mass is 385 g/mol. The van der Waals surface area contributed by atoms with E-state index in [1.54, 1.807) is 36.4 Å². The minimum absolute atomic E-state index is 0.166. The first-order valence-corrected chi connectivity index (χ1v) is 10.1. The molecule has 0 spiro atoms. The van der Waals surface area contributed by atoms with E-state index in [0.29, 0.717) is 10.7 Å². The molecule has 0 aliphatic rings. The molecular weight excluding hydrogens is 366 g/mol. The van der Waals surface area contributed by atoms with E-state index in [9.17, 15) is 8.42 Å². The first-order valence-electron chi connectivity index (χ1n) is 8.27. The molecule has 134 valence electrons. The first kappa shape index (κ1) is 18.5. The highest BCUT2D eigenvalue weighted by Gasteiger charge is 2.25. The molecule has 5 heteroatoms. The average molecular weight is 386 g/mol. The van der Waals surface area contributed by atoms with Crippen LogP contribution in [0.5, 0.6) is 0 Å². The first-order chi connectivity index (χ1) is 12.4. The predicted octanol–water partition coefficient (Wildman–Crippen LogP) is 5.35. The number of sulfonamides is 1. The molecule has 0 saturated heterocycles. The van der Waals surface area contributed by atoms with Crippen LogP contribution in [0.1, 0.15) is 16.7 Å². The highest BCUT2D eigenvalue weighted by Crippen LogP contribution is 2.28. The van der Waals surface area contributed by atoms with Gasteiger partial charge in [0.05, 0.1) is 17.1 Å².